The monoisotopic (exact) mass is 300 g/mol. The van der Waals surface area contributed by atoms with Gasteiger partial charge >= 0.3 is 0 Å². The van der Waals surface area contributed by atoms with Crippen molar-refractivity contribution in [1.29, 1.82) is 0 Å². The van der Waals surface area contributed by atoms with Crippen LogP contribution in [0.25, 0.3) is 0 Å². The standard InChI is InChI=1S/C12H10ClFN2O2S/c13-10-4-3-9(14)6-8(10)7-19(17,18)12-11(15)2-1-5-16-12/h1-6H,7,15H2. The van der Waals surface area contributed by atoms with Crippen LogP contribution in [0.2, 0.25) is 5.02 Å². The number of halogens is 2. The Hall–Kier alpha value is -1.66. The van der Waals surface area contributed by atoms with Crippen LogP contribution in [-0.2, 0) is 15.6 Å². The molecule has 0 radical (unpaired) electrons. The van der Waals surface area contributed by atoms with E-state index in [2.05, 4.69) is 4.98 Å². The maximum atomic E-state index is 13.1. The molecule has 7 heteroatoms. The van der Waals surface area contributed by atoms with Gasteiger partial charge in [0.15, 0.2) is 5.03 Å². The van der Waals surface area contributed by atoms with Gasteiger partial charge in [0.25, 0.3) is 0 Å². The first kappa shape index (κ1) is 13.8. The highest BCUT2D eigenvalue weighted by atomic mass is 35.5. The van der Waals surface area contributed by atoms with Gasteiger partial charge in [-0.1, -0.05) is 11.6 Å². The second kappa shape index (κ2) is 5.14. The topological polar surface area (TPSA) is 73.0 Å². The van der Waals surface area contributed by atoms with Crippen LogP contribution >= 0.6 is 11.6 Å². The molecule has 0 saturated heterocycles. The number of nitrogens with zero attached hydrogens (tertiary/aromatic N) is 1. The summed E-state index contributed by atoms with van der Waals surface area (Å²) < 4.78 is 37.4. The summed E-state index contributed by atoms with van der Waals surface area (Å²) in [5.74, 6) is -1.01. The smallest absolute Gasteiger partial charge is 0.201 e. The van der Waals surface area contributed by atoms with Crippen molar-refractivity contribution in [2.24, 2.45) is 0 Å². The third-order valence-corrected chi connectivity index (χ3v) is 4.44. The van der Waals surface area contributed by atoms with E-state index in [-0.39, 0.29) is 21.3 Å². The second-order valence-electron chi connectivity index (χ2n) is 3.89. The molecule has 0 saturated carbocycles. The molecule has 2 aromatic rings. The van der Waals surface area contributed by atoms with Gasteiger partial charge in [-0.3, -0.25) is 0 Å². The average molecular weight is 301 g/mol. The lowest BCUT2D eigenvalue weighted by Gasteiger charge is -2.07. The molecule has 0 atom stereocenters. The number of nitrogen functional groups attached to an aromatic ring is 1. The molecule has 0 bridgehead atoms. The summed E-state index contributed by atoms with van der Waals surface area (Å²) in [5, 5.41) is -0.0465. The van der Waals surface area contributed by atoms with Crippen LogP contribution in [0.4, 0.5) is 10.1 Å². The van der Waals surface area contributed by atoms with E-state index in [1.807, 2.05) is 0 Å². The van der Waals surface area contributed by atoms with Gasteiger partial charge in [-0.25, -0.2) is 17.8 Å². The van der Waals surface area contributed by atoms with Gasteiger partial charge in [0.2, 0.25) is 9.84 Å². The number of sulfone groups is 1. The highest BCUT2D eigenvalue weighted by Gasteiger charge is 2.21. The number of nitrogens with two attached hydrogens (primary N) is 1. The molecule has 0 aliphatic carbocycles. The molecule has 100 valence electrons. The Kier molecular flexibility index (Phi) is 3.73. The quantitative estimate of drug-likeness (QED) is 0.945. The summed E-state index contributed by atoms with van der Waals surface area (Å²) in [7, 11) is -3.77. The lowest BCUT2D eigenvalue weighted by molar-refractivity contribution is 0.591. The molecule has 0 unspecified atom stereocenters. The molecule has 4 nitrogen and oxygen atoms in total. The first-order chi connectivity index (χ1) is 8.90. The van der Waals surface area contributed by atoms with Gasteiger partial charge in [0.1, 0.15) is 5.82 Å². The predicted octanol–water partition coefficient (Wildman–Crippen LogP) is 2.43. The number of pyridine rings is 1. The van der Waals surface area contributed by atoms with Gasteiger partial charge in [0.05, 0.1) is 11.4 Å². The van der Waals surface area contributed by atoms with Crippen molar-refractivity contribution in [3.63, 3.8) is 0 Å². The Bertz CT molecular complexity index is 719. The molecule has 19 heavy (non-hydrogen) atoms. The highest BCUT2D eigenvalue weighted by Crippen LogP contribution is 2.24. The van der Waals surface area contributed by atoms with Gasteiger partial charge in [-0.15, -0.1) is 0 Å². The summed E-state index contributed by atoms with van der Waals surface area (Å²) in [6, 6.07) is 6.52. The maximum Gasteiger partial charge on any atom is 0.201 e. The van der Waals surface area contributed by atoms with Crippen LogP contribution in [-0.4, -0.2) is 13.4 Å². The van der Waals surface area contributed by atoms with Gasteiger partial charge in [0, 0.05) is 11.2 Å². The molecule has 0 aliphatic rings. The summed E-state index contributed by atoms with van der Waals surface area (Å²) in [5.41, 5.74) is 5.80. The number of hydrogen-bond donors (Lipinski definition) is 1. The number of aromatic nitrogens is 1. The largest absolute Gasteiger partial charge is 0.396 e. The Balaban J connectivity index is 2.43. The Labute approximate surface area is 115 Å². The van der Waals surface area contributed by atoms with Crippen molar-refractivity contribution in [3.05, 3.63) is 52.9 Å². The second-order valence-corrected chi connectivity index (χ2v) is 6.20. The normalized spacial score (nSPS) is 11.5. The van der Waals surface area contributed by atoms with E-state index in [0.717, 1.165) is 12.1 Å². The van der Waals surface area contributed by atoms with Crippen molar-refractivity contribution in [3.8, 4) is 0 Å². The molecular formula is C12H10ClFN2O2S. The van der Waals surface area contributed by atoms with Crippen molar-refractivity contribution in [2.75, 3.05) is 5.73 Å². The van der Waals surface area contributed by atoms with Gasteiger partial charge < -0.3 is 5.73 Å². The third kappa shape index (κ3) is 3.02. The van der Waals surface area contributed by atoms with Crippen LogP contribution in [0.1, 0.15) is 5.56 Å². The van der Waals surface area contributed by atoms with Crippen molar-refractivity contribution in [2.45, 2.75) is 10.8 Å². The minimum atomic E-state index is -3.77. The molecule has 0 amide bonds. The van der Waals surface area contributed by atoms with E-state index in [9.17, 15) is 12.8 Å². The van der Waals surface area contributed by atoms with Gasteiger partial charge in [-0.2, -0.15) is 0 Å². The minimum Gasteiger partial charge on any atom is -0.396 e. The number of anilines is 1. The molecule has 1 aromatic heterocycles. The van der Waals surface area contributed by atoms with E-state index in [0.29, 0.717) is 0 Å². The van der Waals surface area contributed by atoms with Crippen LogP contribution in [0.3, 0.4) is 0 Å². The molecule has 2 rings (SSSR count). The first-order valence-corrected chi connectivity index (χ1v) is 7.30. The SMILES string of the molecule is Nc1cccnc1S(=O)(=O)Cc1cc(F)ccc1Cl. The number of rotatable bonds is 3. The van der Waals surface area contributed by atoms with E-state index in [1.54, 1.807) is 0 Å². The fourth-order valence-electron chi connectivity index (χ4n) is 1.59. The number of hydrogen-bond acceptors (Lipinski definition) is 4. The van der Waals surface area contributed by atoms with Crippen LogP contribution in [0.15, 0.2) is 41.6 Å². The zero-order chi connectivity index (χ0) is 14.0. The number of benzene rings is 1. The third-order valence-electron chi connectivity index (χ3n) is 2.45. The minimum absolute atomic E-state index is 0.0509. The molecule has 0 spiro atoms. The molecule has 0 fully saturated rings. The predicted molar refractivity (Wildman–Crippen MR) is 70.9 cm³/mol. The Morgan fingerprint density at radius 1 is 1.32 bits per heavy atom. The van der Waals surface area contributed by atoms with Gasteiger partial charge in [-0.05, 0) is 35.9 Å². The van der Waals surface area contributed by atoms with Crippen molar-refractivity contribution in [1.82, 2.24) is 4.98 Å². The average Bonchev–Trinajstić information content (AvgIpc) is 2.34. The fraction of sp³-hybridized carbons (Fsp3) is 0.0833. The molecule has 1 aromatic carbocycles. The molecule has 2 N–H and O–H groups in total. The lowest BCUT2D eigenvalue weighted by Crippen LogP contribution is -2.10. The summed E-state index contributed by atoms with van der Waals surface area (Å²) in [6.07, 6.45) is 1.33. The zero-order valence-corrected chi connectivity index (χ0v) is 11.2. The van der Waals surface area contributed by atoms with Crippen LogP contribution in [0, 0.1) is 5.82 Å². The summed E-state index contributed by atoms with van der Waals surface area (Å²) >= 11 is 5.85. The maximum absolute atomic E-state index is 13.1. The Morgan fingerprint density at radius 3 is 2.74 bits per heavy atom. The molecule has 0 aliphatic heterocycles. The van der Waals surface area contributed by atoms with Crippen LogP contribution < -0.4 is 5.73 Å². The first-order valence-electron chi connectivity index (χ1n) is 5.27. The fourth-order valence-corrected chi connectivity index (χ4v) is 3.29. The van der Waals surface area contributed by atoms with Crippen molar-refractivity contribution >= 4 is 27.1 Å². The van der Waals surface area contributed by atoms with E-state index < -0.39 is 21.4 Å². The molecular weight excluding hydrogens is 291 g/mol. The van der Waals surface area contributed by atoms with E-state index in [1.165, 1.54) is 24.4 Å². The summed E-state index contributed by atoms with van der Waals surface area (Å²) in [6.45, 7) is 0. The van der Waals surface area contributed by atoms with Crippen LogP contribution in [0.5, 0.6) is 0 Å². The zero-order valence-electron chi connectivity index (χ0n) is 9.68. The Morgan fingerprint density at radius 2 is 2.05 bits per heavy atom. The van der Waals surface area contributed by atoms with Crippen molar-refractivity contribution < 1.29 is 12.8 Å². The summed E-state index contributed by atoms with van der Waals surface area (Å²) in [4.78, 5) is 3.75. The van der Waals surface area contributed by atoms with E-state index >= 15 is 0 Å². The van der Waals surface area contributed by atoms with E-state index in [4.69, 9.17) is 17.3 Å². The molecule has 1 heterocycles. The highest BCUT2D eigenvalue weighted by molar-refractivity contribution is 7.90. The lowest BCUT2D eigenvalue weighted by atomic mass is 10.2.